The number of fused-ring (bicyclic) bond motifs is 1. The third-order valence-corrected chi connectivity index (χ3v) is 9.62. The number of nitrogens with zero attached hydrogens (tertiary/aromatic N) is 1. The molecule has 0 aromatic heterocycles. The van der Waals surface area contributed by atoms with Gasteiger partial charge in [0.2, 0.25) is 0 Å². The standard InChI is InChI=1S/C26H21BrF3NO2S/c1-16-7-13-20(14-8-16)34(32,33)24-22-21(17-5-3-2-4-6-17)15-25(22,26(28,29)30)31-23(24)18-9-11-19(27)12-10-18/h2-14,21-22,24H,15H2,1H3. The van der Waals surface area contributed by atoms with Crippen molar-refractivity contribution in [3.8, 4) is 0 Å². The Morgan fingerprint density at radius 1 is 0.941 bits per heavy atom. The Bertz CT molecular complexity index is 1350. The second kappa shape index (κ2) is 8.05. The fourth-order valence-electron chi connectivity index (χ4n) is 5.26. The number of rotatable bonds is 4. The first-order valence-electron chi connectivity index (χ1n) is 10.8. The highest BCUT2D eigenvalue weighted by atomic mass is 79.9. The Hall–Kier alpha value is -2.45. The second-order valence-electron chi connectivity index (χ2n) is 8.95. The molecule has 3 aromatic rings. The molecule has 5 rings (SSSR count). The smallest absolute Gasteiger partial charge is 0.271 e. The molecule has 4 unspecified atom stereocenters. The van der Waals surface area contributed by atoms with Crippen LogP contribution < -0.4 is 0 Å². The lowest BCUT2D eigenvalue weighted by Gasteiger charge is -2.51. The largest absolute Gasteiger partial charge is 0.413 e. The molecule has 1 saturated carbocycles. The summed E-state index contributed by atoms with van der Waals surface area (Å²) in [4.78, 5) is 4.23. The van der Waals surface area contributed by atoms with E-state index >= 15 is 0 Å². The van der Waals surface area contributed by atoms with Crippen molar-refractivity contribution >= 4 is 31.5 Å². The maximum Gasteiger partial charge on any atom is 0.413 e. The molecule has 176 valence electrons. The fraction of sp³-hybridized carbons (Fsp3) is 0.269. The number of alkyl halides is 3. The van der Waals surface area contributed by atoms with Crippen molar-refractivity contribution in [3.63, 3.8) is 0 Å². The zero-order valence-electron chi connectivity index (χ0n) is 18.1. The number of hydrogen-bond donors (Lipinski definition) is 0. The van der Waals surface area contributed by atoms with Gasteiger partial charge in [0.1, 0.15) is 5.25 Å². The number of aryl methyl sites for hydroxylation is 1. The Labute approximate surface area is 204 Å². The highest BCUT2D eigenvalue weighted by molar-refractivity contribution is 9.10. The first-order chi connectivity index (χ1) is 16.0. The molecule has 34 heavy (non-hydrogen) atoms. The number of sulfone groups is 1. The van der Waals surface area contributed by atoms with Crippen molar-refractivity contribution in [3.05, 3.63) is 100 Å². The van der Waals surface area contributed by atoms with Gasteiger partial charge >= 0.3 is 6.18 Å². The van der Waals surface area contributed by atoms with Gasteiger partial charge in [-0.1, -0.05) is 76.1 Å². The predicted octanol–water partition coefficient (Wildman–Crippen LogP) is 6.51. The van der Waals surface area contributed by atoms with Gasteiger partial charge in [-0.25, -0.2) is 8.42 Å². The van der Waals surface area contributed by atoms with Gasteiger partial charge in [0.25, 0.3) is 0 Å². The molecule has 4 atom stereocenters. The summed E-state index contributed by atoms with van der Waals surface area (Å²) in [5.41, 5.74) is -0.507. The van der Waals surface area contributed by atoms with Crippen LogP contribution in [0.1, 0.15) is 29.0 Å². The van der Waals surface area contributed by atoms with Gasteiger partial charge < -0.3 is 0 Å². The SMILES string of the molecule is Cc1ccc(S(=O)(=O)C2C(c3ccc(Br)cc3)=NC3(C(F)(F)F)CC(c4ccccc4)C23)cc1. The molecule has 8 heteroatoms. The van der Waals surface area contributed by atoms with Crippen molar-refractivity contribution in [1.82, 2.24) is 0 Å². The molecule has 1 aliphatic carbocycles. The van der Waals surface area contributed by atoms with E-state index in [2.05, 4.69) is 20.9 Å². The topological polar surface area (TPSA) is 46.5 Å². The van der Waals surface area contributed by atoms with Gasteiger partial charge in [-0.2, -0.15) is 13.2 Å². The van der Waals surface area contributed by atoms with Crippen LogP contribution in [0.5, 0.6) is 0 Å². The minimum Gasteiger partial charge on any atom is -0.271 e. The van der Waals surface area contributed by atoms with Gasteiger partial charge in [0.05, 0.1) is 10.6 Å². The lowest BCUT2D eigenvalue weighted by molar-refractivity contribution is -0.226. The number of halogens is 4. The normalized spacial score (nSPS) is 26.5. The van der Waals surface area contributed by atoms with E-state index in [1.165, 1.54) is 12.1 Å². The van der Waals surface area contributed by atoms with Gasteiger partial charge in [0, 0.05) is 10.4 Å². The van der Waals surface area contributed by atoms with Gasteiger partial charge in [0.15, 0.2) is 15.4 Å². The van der Waals surface area contributed by atoms with Crippen LogP contribution >= 0.6 is 15.9 Å². The van der Waals surface area contributed by atoms with E-state index < -0.39 is 38.6 Å². The lowest BCUT2D eigenvalue weighted by Crippen LogP contribution is -2.62. The van der Waals surface area contributed by atoms with E-state index in [-0.39, 0.29) is 17.0 Å². The van der Waals surface area contributed by atoms with Crippen LogP contribution in [0, 0.1) is 12.8 Å². The average Bonchev–Trinajstić information content (AvgIpc) is 3.06. The molecule has 2 aliphatic rings. The second-order valence-corrected chi connectivity index (χ2v) is 11.9. The molecular formula is C26H21BrF3NO2S. The number of aliphatic imine (C=N–C) groups is 1. The molecule has 0 spiro atoms. The van der Waals surface area contributed by atoms with E-state index in [4.69, 9.17) is 0 Å². The minimum absolute atomic E-state index is 0.00426. The van der Waals surface area contributed by atoms with Gasteiger partial charge in [-0.3, -0.25) is 4.99 Å². The highest BCUT2D eigenvalue weighted by Gasteiger charge is 2.75. The van der Waals surface area contributed by atoms with Crippen LogP contribution in [0.3, 0.4) is 0 Å². The third kappa shape index (κ3) is 3.53. The summed E-state index contributed by atoms with van der Waals surface area (Å²) in [6, 6.07) is 21.7. The van der Waals surface area contributed by atoms with Crippen LogP contribution in [0.25, 0.3) is 0 Å². The van der Waals surface area contributed by atoms with E-state index in [9.17, 15) is 21.6 Å². The summed E-state index contributed by atoms with van der Waals surface area (Å²) in [7, 11) is -4.18. The first kappa shape index (κ1) is 23.3. The quantitative estimate of drug-likeness (QED) is 0.374. The first-order valence-corrected chi connectivity index (χ1v) is 13.2. The monoisotopic (exact) mass is 547 g/mol. The fourth-order valence-corrected chi connectivity index (χ4v) is 7.61. The van der Waals surface area contributed by atoms with Crippen LogP contribution in [0.4, 0.5) is 13.2 Å². The summed E-state index contributed by atoms with van der Waals surface area (Å²) in [6.07, 6.45) is -4.95. The maximum absolute atomic E-state index is 14.6. The lowest BCUT2D eigenvalue weighted by atomic mass is 9.56. The van der Waals surface area contributed by atoms with Gasteiger partial charge in [-0.15, -0.1) is 0 Å². The van der Waals surface area contributed by atoms with Crippen molar-refractivity contribution in [2.45, 2.75) is 41.1 Å². The molecule has 0 radical (unpaired) electrons. The van der Waals surface area contributed by atoms with Crippen LogP contribution in [0.2, 0.25) is 0 Å². The zero-order chi connectivity index (χ0) is 24.3. The van der Waals surface area contributed by atoms with Crippen LogP contribution in [-0.4, -0.2) is 31.1 Å². The third-order valence-electron chi connectivity index (χ3n) is 6.97. The molecule has 3 aromatic carbocycles. The van der Waals surface area contributed by atoms with E-state index in [1.807, 2.05) is 6.92 Å². The highest BCUT2D eigenvalue weighted by Crippen LogP contribution is 2.65. The van der Waals surface area contributed by atoms with E-state index in [1.54, 1.807) is 66.7 Å². The van der Waals surface area contributed by atoms with Crippen molar-refractivity contribution in [2.75, 3.05) is 0 Å². The number of hydrogen-bond acceptors (Lipinski definition) is 3. The molecule has 0 bridgehead atoms. The minimum atomic E-state index is -4.68. The number of benzene rings is 3. The van der Waals surface area contributed by atoms with Gasteiger partial charge in [-0.05, 0) is 54.7 Å². The summed E-state index contributed by atoms with van der Waals surface area (Å²) < 4.78 is 72.5. The summed E-state index contributed by atoms with van der Waals surface area (Å²) in [6.45, 7) is 1.83. The molecule has 1 fully saturated rings. The van der Waals surface area contributed by atoms with E-state index in [0.717, 1.165) is 10.0 Å². The van der Waals surface area contributed by atoms with Crippen molar-refractivity contribution < 1.29 is 21.6 Å². The molecule has 0 saturated heterocycles. The Morgan fingerprint density at radius 3 is 2.15 bits per heavy atom. The summed E-state index contributed by atoms with van der Waals surface area (Å²) in [5, 5.41) is -1.42. The van der Waals surface area contributed by atoms with Crippen molar-refractivity contribution in [2.24, 2.45) is 10.9 Å². The molecule has 0 N–H and O–H groups in total. The van der Waals surface area contributed by atoms with Crippen LogP contribution in [0.15, 0.2) is 93.2 Å². The summed E-state index contributed by atoms with van der Waals surface area (Å²) >= 11 is 3.33. The Kier molecular flexibility index (Phi) is 5.52. The zero-order valence-corrected chi connectivity index (χ0v) is 20.5. The Balaban J connectivity index is 1.72. The summed E-state index contributed by atoms with van der Waals surface area (Å²) in [5.74, 6) is -1.83. The molecule has 1 aliphatic heterocycles. The predicted molar refractivity (Wildman–Crippen MR) is 129 cm³/mol. The molecule has 1 heterocycles. The average molecular weight is 548 g/mol. The van der Waals surface area contributed by atoms with E-state index in [0.29, 0.717) is 11.1 Å². The molecule has 0 amide bonds. The molecular weight excluding hydrogens is 527 g/mol. The maximum atomic E-state index is 14.6. The molecule has 3 nitrogen and oxygen atoms in total. The Morgan fingerprint density at radius 2 is 1.56 bits per heavy atom. The van der Waals surface area contributed by atoms with Crippen LogP contribution in [-0.2, 0) is 9.84 Å². The van der Waals surface area contributed by atoms with Crippen molar-refractivity contribution in [1.29, 1.82) is 0 Å².